The monoisotopic (exact) mass is 664 g/mol. The molecular formula is C48H28N2S. The lowest BCUT2D eigenvalue weighted by Gasteiger charge is -2.25. The molecule has 2 aromatic heterocycles. The number of benzene rings is 9. The van der Waals surface area contributed by atoms with E-state index < -0.39 is 0 Å². The Morgan fingerprint density at radius 3 is 1.35 bits per heavy atom. The molecular weight excluding hydrogens is 637 g/mol. The van der Waals surface area contributed by atoms with Crippen molar-refractivity contribution in [1.82, 2.24) is 4.57 Å². The van der Waals surface area contributed by atoms with Crippen molar-refractivity contribution in [3.8, 4) is 16.8 Å². The lowest BCUT2D eigenvalue weighted by Crippen LogP contribution is -2.09. The van der Waals surface area contributed by atoms with E-state index >= 15 is 0 Å². The van der Waals surface area contributed by atoms with Crippen molar-refractivity contribution in [3.63, 3.8) is 0 Å². The lowest BCUT2D eigenvalue weighted by molar-refractivity contribution is 1.18. The van der Waals surface area contributed by atoms with Gasteiger partial charge in [0.05, 0.1) is 11.0 Å². The molecule has 0 aliphatic rings. The molecule has 0 saturated carbocycles. The van der Waals surface area contributed by atoms with Crippen LogP contribution in [0.5, 0.6) is 0 Å². The van der Waals surface area contributed by atoms with Crippen LogP contribution in [0.1, 0.15) is 0 Å². The summed E-state index contributed by atoms with van der Waals surface area (Å²) in [5.74, 6) is 0. The minimum Gasteiger partial charge on any atom is -0.311 e. The van der Waals surface area contributed by atoms with Crippen LogP contribution in [0.3, 0.4) is 0 Å². The maximum absolute atomic E-state index is 2.49. The zero-order valence-electron chi connectivity index (χ0n) is 27.5. The van der Waals surface area contributed by atoms with Crippen LogP contribution < -0.4 is 4.90 Å². The number of hydrogen-bond donors (Lipinski definition) is 0. The van der Waals surface area contributed by atoms with Gasteiger partial charge in [-0.3, -0.25) is 0 Å². The molecule has 3 heteroatoms. The van der Waals surface area contributed by atoms with Crippen LogP contribution in [-0.2, 0) is 0 Å². The van der Waals surface area contributed by atoms with Crippen LogP contribution >= 0.6 is 11.3 Å². The zero-order chi connectivity index (χ0) is 33.2. The maximum Gasteiger partial charge on any atom is 0.0548 e. The third-order valence-corrected chi connectivity index (χ3v) is 12.2. The first-order valence-electron chi connectivity index (χ1n) is 17.5. The molecule has 0 spiro atoms. The molecule has 0 fully saturated rings. The largest absolute Gasteiger partial charge is 0.311 e. The highest BCUT2D eigenvalue weighted by Crippen LogP contribution is 2.52. The summed E-state index contributed by atoms with van der Waals surface area (Å²) in [5, 5.41) is 13.7. The van der Waals surface area contributed by atoms with Crippen LogP contribution in [0.2, 0.25) is 0 Å². The van der Waals surface area contributed by atoms with E-state index in [0.717, 1.165) is 17.1 Å². The van der Waals surface area contributed by atoms with E-state index in [2.05, 4.69) is 179 Å². The molecule has 236 valence electrons. The van der Waals surface area contributed by atoms with Gasteiger partial charge in [0.25, 0.3) is 0 Å². The first-order chi connectivity index (χ1) is 25.3. The normalized spacial score (nSPS) is 12.3. The molecule has 0 unspecified atom stereocenters. The highest BCUT2D eigenvalue weighted by Gasteiger charge is 2.25. The number of hydrogen-bond acceptors (Lipinski definition) is 2. The third-order valence-electron chi connectivity index (χ3n) is 11.0. The van der Waals surface area contributed by atoms with Gasteiger partial charge in [-0.05, 0) is 111 Å². The maximum atomic E-state index is 2.49. The molecule has 12 rings (SSSR count). The van der Waals surface area contributed by atoms with Gasteiger partial charge < -0.3 is 9.47 Å². The van der Waals surface area contributed by atoms with Crippen LogP contribution in [0.25, 0.3) is 91.1 Å². The van der Waals surface area contributed by atoms with Crippen molar-refractivity contribution >= 4 is 103 Å². The van der Waals surface area contributed by atoms with Crippen molar-refractivity contribution in [2.45, 2.75) is 0 Å². The summed E-state index contributed by atoms with van der Waals surface area (Å²) in [5.41, 5.74) is 9.52. The van der Waals surface area contributed by atoms with Gasteiger partial charge in [0.2, 0.25) is 0 Å². The fourth-order valence-electron chi connectivity index (χ4n) is 8.87. The molecule has 2 nitrogen and oxygen atoms in total. The molecule has 0 saturated heterocycles. The predicted molar refractivity (Wildman–Crippen MR) is 220 cm³/mol. The minimum absolute atomic E-state index is 1.13. The fraction of sp³-hybridized carbons (Fsp3) is 0. The summed E-state index contributed by atoms with van der Waals surface area (Å²) >= 11 is 1.92. The fourth-order valence-corrected chi connectivity index (χ4v) is 9.99. The highest BCUT2D eigenvalue weighted by atomic mass is 32.1. The lowest BCUT2D eigenvalue weighted by atomic mass is 9.94. The first kappa shape index (κ1) is 27.4. The molecule has 0 aliphatic heterocycles. The molecule has 0 atom stereocenters. The predicted octanol–water partition coefficient (Wildman–Crippen LogP) is 14.1. The molecule has 51 heavy (non-hydrogen) atoms. The van der Waals surface area contributed by atoms with Gasteiger partial charge in [0, 0.05) is 59.1 Å². The first-order valence-corrected chi connectivity index (χ1v) is 18.3. The minimum atomic E-state index is 1.13. The summed E-state index contributed by atoms with van der Waals surface area (Å²) in [4.78, 5) is 2.30. The molecule has 0 N–H and O–H groups in total. The Bertz CT molecular complexity index is 3160. The van der Waals surface area contributed by atoms with E-state index in [-0.39, 0.29) is 0 Å². The van der Waals surface area contributed by atoms with Crippen molar-refractivity contribution in [3.05, 3.63) is 170 Å². The summed E-state index contributed by atoms with van der Waals surface area (Å²) in [6, 6.07) is 62.5. The van der Waals surface area contributed by atoms with Crippen LogP contribution in [0.15, 0.2) is 170 Å². The summed E-state index contributed by atoms with van der Waals surface area (Å²) in [6.45, 7) is 0. The quantitative estimate of drug-likeness (QED) is 0.166. The SMILES string of the molecule is c1ccc(N(c2ccccc2)c2ccc(-c3ccc(-n4c5ccc6ccc7ccc8ccc9sc%10ccc4c4c%10c9c8c7c6c45)cc3)cc2)cc1. The molecule has 0 aliphatic carbocycles. The second-order valence-electron chi connectivity index (χ2n) is 13.7. The Morgan fingerprint density at radius 1 is 0.333 bits per heavy atom. The number of rotatable bonds is 5. The Morgan fingerprint density at radius 2 is 0.745 bits per heavy atom. The van der Waals surface area contributed by atoms with E-state index in [1.807, 2.05) is 11.3 Å². The standard InChI is InChI=1S/C48H28N2S/c1-3-7-34(8-4-1)49(35-9-5-2-6-10-35)36-21-15-29(16-22-36)30-17-23-37(24-18-30)50-38-25-19-32-13-11-31-12-14-33-20-27-40-47-44(33)42(31)43(32)45(38)46-39(50)26-28-41(51-40)48(46)47/h1-28H. The number of aromatic nitrogens is 1. The van der Waals surface area contributed by atoms with E-state index in [9.17, 15) is 0 Å². The van der Waals surface area contributed by atoms with Gasteiger partial charge in [-0.1, -0.05) is 97.1 Å². The number of anilines is 3. The van der Waals surface area contributed by atoms with Gasteiger partial charge in [-0.15, -0.1) is 11.3 Å². The van der Waals surface area contributed by atoms with E-state index in [1.54, 1.807) is 0 Å². The highest BCUT2D eigenvalue weighted by molar-refractivity contribution is 7.26. The van der Waals surface area contributed by atoms with Crippen molar-refractivity contribution < 1.29 is 0 Å². The Kier molecular flexibility index (Phi) is 5.41. The van der Waals surface area contributed by atoms with Crippen LogP contribution in [0.4, 0.5) is 17.1 Å². The number of nitrogens with zero attached hydrogens (tertiary/aromatic N) is 2. The molecule has 12 aromatic rings. The average molecular weight is 665 g/mol. The molecule has 2 heterocycles. The number of para-hydroxylation sites is 2. The van der Waals surface area contributed by atoms with Gasteiger partial charge in [-0.25, -0.2) is 0 Å². The van der Waals surface area contributed by atoms with Crippen molar-refractivity contribution in [2.75, 3.05) is 4.90 Å². The van der Waals surface area contributed by atoms with Gasteiger partial charge in [0.1, 0.15) is 0 Å². The number of thiophene rings is 1. The second kappa shape index (κ2) is 10.1. The van der Waals surface area contributed by atoms with E-state index in [0.29, 0.717) is 0 Å². The summed E-state index contributed by atoms with van der Waals surface area (Å²) in [6.07, 6.45) is 0. The molecule has 0 radical (unpaired) electrons. The second-order valence-corrected chi connectivity index (χ2v) is 14.8. The van der Waals surface area contributed by atoms with Crippen molar-refractivity contribution in [1.29, 1.82) is 0 Å². The van der Waals surface area contributed by atoms with Gasteiger partial charge >= 0.3 is 0 Å². The van der Waals surface area contributed by atoms with Crippen LogP contribution in [-0.4, -0.2) is 4.57 Å². The van der Waals surface area contributed by atoms with E-state index in [4.69, 9.17) is 0 Å². The van der Waals surface area contributed by atoms with Crippen LogP contribution in [0, 0.1) is 0 Å². The molecule has 10 aromatic carbocycles. The van der Waals surface area contributed by atoms with Crippen molar-refractivity contribution in [2.24, 2.45) is 0 Å². The van der Waals surface area contributed by atoms with E-state index in [1.165, 1.54) is 91.1 Å². The Hall–Kier alpha value is -6.42. The Balaban J connectivity index is 1.03. The zero-order valence-corrected chi connectivity index (χ0v) is 28.3. The smallest absolute Gasteiger partial charge is 0.0548 e. The Labute approximate surface area is 297 Å². The summed E-state index contributed by atoms with van der Waals surface area (Å²) in [7, 11) is 0. The molecule has 0 amide bonds. The average Bonchev–Trinajstić information content (AvgIpc) is 3.70. The molecule has 0 bridgehead atoms. The summed E-state index contributed by atoms with van der Waals surface area (Å²) < 4.78 is 5.22. The van der Waals surface area contributed by atoms with Gasteiger partial charge in [-0.2, -0.15) is 0 Å². The third kappa shape index (κ3) is 3.71. The topological polar surface area (TPSA) is 8.17 Å². The van der Waals surface area contributed by atoms with Gasteiger partial charge in [0.15, 0.2) is 0 Å².